The van der Waals surface area contributed by atoms with Gasteiger partial charge in [0.25, 0.3) is 0 Å². The maximum Gasteiger partial charge on any atom is 0.101 e. The molecule has 0 bridgehead atoms. The zero-order chi connectivity index (χ0) is 10.6. The van der Waals surface area contributed by atoms with E-state index in [1.54, 1.807) is 12.1 Å². The van der Waals surface area contributed by atoms with E-state index < -0.39 is 0 Å². The molecule has 76 valence electrons. The second-order valence-corrected chi connectivity index (χ2v) is 3.73. The van der Waals surface area contributed by atoms with Crippen LogP contribution in [-0.2, 0) is 0 Å². The van der Waals surface area contributed by atoms with Crippen molar-refractivity contribution < 1.29 is 5.21 Å². The quantitative estimate of drug-likeness (QED) is 0.473. The van der Waals surface area contributed by atoms with Crippen molar-refractivity contribution in [2.45, 2.75) is 0 Å². The molecule has 0 aliphatic carbocycles. The molecule has 0 amide bonds. The average Bonchev–Trinajstić information content (AvgIpc) is 2.14. The molecule has 3 nitrogen and oxygen atoms in total. The number of halogens is 1. The Kier molecular flexibility index (Phi) is 3.92. The Bertz CT molecular complexity index is 337. The predicted octanol–water partition coefficient (Wildman–Crippen LogP) is 2.08. The molecule has 0 unspecified atom stereocenters. The van der Waals surface area contributed by atoms with Crippen LogP contribution in [0.15, 0.2) is 29.4 Å². The van der Waals surface area contributed by atoms with Crippen molar-refractivity contribution in [1.82, 2.24) is 4.90 Å². The first-order chi connectivity index (χ1) is 6.63. The van der Waals surface area contributed by atoms with E-state index in [9.17, 15) is 0 Å². The first-order valence-electron chi connectivity index (χ1n) is 4.25. The van der Waals surface area contributed by atoms with Gasteiger partial charge in [-0.1, -0.05) is 28.9 Å². The monoisotopic (exact) mass is 212 g/mol. The molecule has 0 radical (unpaired) electrons. The molecular formula is C10H13ClN2O. The van der Waals surface area contributed by atoms with Crippen molar-refractivity contribution in [3.8, 4) is 0 Å². The van der Waals surface area contributed by atoms with Gasteiger partial charge >= 0.3 is 0 Å². The highest BCUT2D eigenvalue weighted by atomic mass is 35.5. The van der Waals surface area contributed by atoms with E-state index in [1.165, 1.54) is 0 Å². The number of benzene rings is 1. The van der Waals surface area contributed by atoms with Crippen LogP contribution in [0, 0.1) is 0 Å². The third kappa shape index (κ3) is 3.01. The molecule has 1 rings (SSSR count). The van der Waals surface area contributed by atoms with Gasteiger partial charge < -0.3 is 10.1 Å². The highest BCUT2D eigenvalue weighted by Crippen LogP contribution is 2.11. The van der Waals surface area contributed by atoms with Crippen LogP contribution in [0.2, 0.25) is 5.02 Å². The Morgan fingerprint density at radius 3 is 2.71 bits per heavy atom. The Labute approximate surface area is 88.6 Å². The molecular weight excluding hydrogens is 200 g/mol. The van der Waals surface area contributed by atoms with Crippen molar-refractivity contribution in [2.75, 3.05) is 20.6 Å². The molecule has 0 aliphatic rings. The van der Waals surface area contributed by atoms with Gasteiger partial charge in [-0.15, -0.1) is 0 Å². The maximum absolute atomic E-state index is 8.84. The van der Waals surface area contributed by atoms with Crippen LogP contribution >= 0.6 is 11.6 Å². The zero-order valence-corrected chi connectivity index (χ0v) is 8.99. The topological polar surface area (TPSA) is 35.8 Å². The third-order valence-electron chi connectivity index (χ3n) is 1.74. The molecule has 0 saturated heterocycles. The van der Waals surface area contributed by atoms with Crippen molar-refractivity contribution in [3.63, 3.8) is 0 Å². The molecule has 0 spiro atoms. The van der Waals surface area contributed by atoms with E-state index in [4.69, 9.17) is 16.8 Å². The van der Waals surface area contributed by atoms with Crippen LogP contribution in [0.3, 0.4) is 0 Å². The van der Waals surface area contributed by atoms with Crippen LogP contribution < -0.4 is 0 Å². The number of nitrogens with zero attached hydrogens (tertiary/aromatic N) is 2. The van der Waals surface area contributed by atoms with Crippen LogP contribution in [0.25, 0.3) is 0 Å². The van der Waals surface area contributed by atoms with E-state index in [2.05, 4.69) is 5.16 Å². The summed E-state index contributed by atoms with van der Waals surface area (Å²) in [4.78, 5) is 1.93. The lowest BCUT2D eigenvalue weighted by molar-refractivity contribution is 0.315. The highest BCUT2D eigenvalue weighted by molar-refractivity contribution is 6.31. The summed E-state index contributed by atoms with van der Waals surface area (Å²) in [5, 5.41) is 12.7. The zero-order valence-electron chi connectivity index (χ0n) is 8.24. The van der Waals surface area contributed by atoms with E-state index in [0.717, 1.165) is 5.56 Å². The molecule has 1 aromatic rings. The predicted molar refractivity (Wildman–Crippen MR) is 58.3 cm³/mol. The molecule has 0 heterocycles. The van der Waals surface area contributed by atoms with E-state index in [-0.39, 0.29) is 0 Å². The third-order valence-corrected chi connectivity index (χ3v) is 1.98. The van der Waals surface area contributed by atoms with Crippen molar-refractivity contribution in [3.05, 3.63) is 34.9 Å². The molecule has 0 aliphatic heterocycles. The van der Waals surface area contributed by atoms with Gasteiger partial charge in [0.1, 0.15) is 5.71 Å². The van der Waals surface area contributed by atoms with Gasteiger partial charge in [-0.25, -0.2) is 0 Å². The summed E-state index contributed by atoms with van der Waals surface area (Å²) in [5.41, 5.74) is 1.45. The van der Waals surface area contributed by atoms with Gasteiger partial charge in [0.2, 0.25) is 0 Å². The van der Waals surface area contributed by atoms with E-state index >= 15 is 0 Å². The molecule has 14 heavy (non-hydrogen) atoms. The van der Waals surface area contributed by atoms with Gasteiger partial charge in [0, 0.05) is 17.1 Å². The largest absolute Gasteiger partial charge is 0.411 e. The minimum atomic E-state index is 0.580. The smallest absolute Gasteiger partial charge is 0.101 e. The fourth-order valence-electron chi connectivity index (χ4n) is 1.15. The van der Waals surface area contributed by atoms with Crippen molar-refractivity contribution in [2.24, 2.45) is 5.16 Å². The van der Waals surface area contributed by atoms with Gasteiger partial charge in [-0.2, -0.15) is 0 Å². The SMILES string of the molecule is CN(C)C/C(=N/O)c1cccc(Cl)c1. The Morgan fingerprint density at radius 1 is 1.50 bits per heavy atom. The maximum atomic E-state index is 8.84. The van der Waals surface area contributed by atoms with Gasteiger partial charge in [-0.05, 0) is 26.2 Å². The summed E-state index contributed by atoms with van der Waals surface area (Å²) in [6, 6.07) is 7.26. The summed E-state index contributed by atoms with van der Waals surface area (Å²) in [6.07, 6.45) is 0. The lowest BCUT2D eigenvalue weighted by Gasteiger charge is -2.10. The summed E-state index contributed by atoms with van der Waals surface area (Å²) in [7, 11) is 3.82. The molecule has 0 atom stereocenters. The molecule has 4 heteroatoms. The number of likely N-dealkylation sites (N-methyl/N-ethyl adjacent to an activating group) is 1. The van der Waals surface area contributed by atoms with Gasteiger partial charge in [-0.3, -0.25) is 0 Å². The van der Waals surface area contributed by atoms with Crippen LogP contribution in [0.5, 0.6) is 0 Å². The van der Waals surface area contributed by atoms with Crippen LogP contribution in [0.4, 0.5) is 0 Å². The number of oxime groups is 1. The fraction of sp³-hybridized carbons (Fsp3) is 0.300. The minimum absolute atomic E-state index is 0.580. The second kappa shape index (κ2) is 4.98. The normalized spacial score (nSPS) is 12.1. The molecule has 0 saturated carbocycles. The summed E-state index contributed by atoms with van der Waals surface area (Å²) in [6.45, 7) is 0.580. The lowest BCUT2D eigenvalue weighted by atomic mass is 10.1. The number of hydrogen-bond acceptors (Lipinski definition) is 3. The first-order valence-corrected chi connectivity index (χ1v) is 4.63. The van der Waals surface area contributed by atoms with Gasteiger partial charge in [0.15, 0.2) is 0 Å². The highest BCUT2D eigenvalue weighted by Gasteiger charge is 2.05. The van der Waals surface area contributed by atoms with Crippen molar-refractivity contribution >= 4 is 17.3 Å². The minimum Gasteiger partial charge on any atom is -0.411 e. The summed E-state index contributed by atoms with van der Waals surface area (Å²) < 4.78 is 0. The molecule has 0 aromatic heterocycles. The van der Waals surface area contributed by atoms with Crippen LogP contribution in [0.1, 0.15) is 5.56 Å². The van der Waals surface area contributed by atoms with E-state index in [1.807, 2.05) is 31.1 Å². The Hall–Kier alpha value is -1.06. The molecule has 1 N–H and O–H groups in total. The molecule has 1 aromatic carbocycles. The lowest BCUT2D eigenvalue weighted by Crippen LogP contribution is -2.22. The fourth-order valence-corrected chi connectivity index (χ4v) is 1.34. The Balaban J connectivity index is 2.90. The van der Waals surface area contributed by atoms with Crippen molar-refractivity contribution in [1.29, 1.82) is 0 Å². The number of rotatable bonds is 3. The average molecular weight is 213 g/mol. The van der Waals surface area contributed by atoms with Crippen LogP contribution in [-0.4, -0.2) is 36.5 Å². The standard InChI is InChI=1S/C10H13ClN2O/c1-13(2)7-10(12-14)8-4-3-5-9(11)6-8/h3-6,14H,7H2,1-2H3/b12-10-. The first kappa shape index (κ1) is 11.0. The summed E-state index contributed by atoms with van der Waals surface area (Å²) in [5.74, 6) is 0. The molecule has 0 fully saturated rings. The number of hydrogen-bond donors (Lipinski definition) is 1. The second-order valence-electron chi connectivity index (χ2n) is 3.29. The Morgan fingerprint density at radius 2 is 2.21 bits per heavy atom. The summed E-state index contributed by atoms with van der Waals surface area (Å²) >= 11 is 5.83. The van der Waals surface area contributed by atoms with Gasteiger partial charge in [0.05, 0.1) is 0 Å². The van der Waals surface area contributed by atoms with E-state index in [0.29, 0.717) is 17.3 Å².